The van der Waals surface area contributed by atoms with Crippen LogP contribution in [-0.2, 0) is 17.8 Å². The number of rotatable bonds is 8. The predicted octanol–water partition coefficient (Wildman–Crippen LogP) is 3.31. The van der Waals surface area contributed by atoms with Crippen molar-refractivity contribution < 1.29 is 18.8 Å². The zero-order chi connectivity index (χ0) is 19.9. The van der Waals surface area contributed by atoms with Crippen molar-refractivity contribution in [1.29, 1.82) is 0 Å². The van der Waals surface area contributed by atoms with E-state index in [1.807, 2.05) is 49.4 Å². The Morgan fingerprint density at radius 2 is 1.93 bits per heavy atom. The Morgan fingerprint density at radius 1 is 1.11 bits per heavy atom. The third-order valence-corrected chi connectivity index (χ3v) is 4.25. The molecule has 7 heteroatoms. The number of carbonyl (C=O) groups excluding carboxylic acids is 1. The van der Waals surface area contributed by atoms with Crippen molar-refractivity contribution in [2.75, 3.05) is 14.2 Å². The Hall–Kier alpha value is -3.35. The molecule has 1 amide bonds. The molecule has 0 saturated heterocycles. The van der Waals surface area contributed by atoms with Crippen molar-refractivity contribution in [2.24, 2.45) is 0 Å². The van der Waals surface area contributed by atoms with Gasteiger partial charge < -0.3 is 19.3 Å². The zero-order valence-electron chi connectivity index (χ0n) is 16.2. The summed E-state index contributed by atoms with van der Waals surface area (Å²) in [7, 11) is 3.16. The SMILES string of the molecule is COc1ccc(CNC(=O)CCc2nc(-c3cccc(C)c3)no2)cc1OC. The molecule has 0 atom stereocenters. The summed E-state index contributed by atoms with van der Waals surface area (Å²) < 4.78 is 15.7. The lowest BCUT2D eigenvalue weighted by Gasteiger charge is -2.10. The number of hydrogen-bond acceptors (Lipinski definition) is 6. The van der Waals surface area contributed by atoms with Gasteiger partial charge in [0.25, 0.3) is 0 Å². The first-order chi connectivity index (χ1) is 13.6. The standard InChI is InChI=1S/C21H23N3O4/c1-14-5-4-6-16(11-14)21-23-20(28-24-21)10-9-19(25)22-13-15-7-8-17(26-2)18(12-15)27-3/h4-8,11-12H,9-10,13H2,1-3H3,(H,22,25). The molecule has 0 fully saturated rings. The van der Waals surface area contributed by atoms with Gasteiger partial charge in [0.15, 0.2) is 11.5 Å². The first-order valence-corrected chi connectivity index (χ1v) is 8.96. The molecular weight excluding hydrogens is 358 g/mol. The predicted molar refractivity (Wildman–Crippen MR) is 104 cm³/mol. The van der Waals surface area contributed by atoms with Gasteiger partial charge in [-0.05, 0) is 30.7 Å². The van der Waals surface area contributed by atoms with E-state index in [1.165, 1.54) is 0 Å². The number of aromatic nitrogens is 2. The molecule has 0 aliphatic rings. The summed E-state index contributed by atoms with van der Waals surface area (Å²) in [4.78, 5) is 16.5. The quantitative estimate of drug-likeness (QED) is 0.644. The zero-order valence-corrected chi connectivity index (χ0v) is 16.2. The first kappa shape index (κ1) is 19.4. The summed E-state index contributed by atoms with van der Waals surface area (Å²) in [6.45, 7) is 2.41. The summed E-state index contributed by atoms with van der Waals surface area (Å²) in [5.41, 5.74) is 2.94. The number of ether oxygens (including phenoxy) is 2. The smallest absolute Gasteiger partial charge is 0.227 e. The van der Waals surface area contributed by atoms with E-state index in [9.17, 15) is 4.79 Å². The Bertz CT molecular complexity index is 952. The van der Waals surface area contributed by atoms with Crippen LogP contribution in [-0.4, -0.2) is 30.3 Å². The summed E-state index contributed by atoms with van der Waals surface area (Å²) >= 11 is 0. The third-order valence-electron chi connectivity index (χ3n) is 4.25. The molecule has 28 heavy (non-hydrogen) atoms. The van der Waals surface area contributed by atoms with Crippen LogP contribution < -0.4 is 14.8 Å². The van der Waals surface area contributed by atoms with E-state index in [-0.39, 0.29) is 12.3 Å². The van der Waals surface area contributed by atoms with Gasteiger partial charge in [0.2, 0.25) is 17.6 Å². The Morgan fingerprint density at radius 3 is 2.68 bits per heavy atom. The van der Waals surface area contributed by atoms with Crippen molar-refractivity contribution in [3.05, 3.63) is 59.5 Å². The van der Waals surface area contributed by atoms with E-state index in [2.05, 4.69) is 15.5 Å². The average Bonchev–Trinajstić information content (AvgIpc) is 3.19. The van der Waals surface area contributed by atoms with Gasteiger partial charge in [0.1, 0.15) is 0 Å². The fourth-order valence-electron chi connectivity index (χ4n) is 2.76. The lowest BCUT2D eigenvalue weighted by atomic mass is 10.1. The average molecular weight is 381 g/mol. The molecule has 3 rings (SSSR count). The van der Waals surface area contributed by atoms with Gasteiger partial charge in [0.05, 0.1) is 14.2 Å². The molecule has 146 valence electrons. The molecule has 0 aliphatic carbocycles. The summed E-state index contributed by atoms with van der Waals surface area (Å²) in [6.07, 6.45) is 0.652. The number of nitrogens with one attached hydrogen (secondary N) is 1. The van der Waals surface area contributed by atoms with Crippen LogP contribution in [0.25, 0.3) is 11.4 Å². The van der Waals surface area contributed by atoms with E-state index >= 15 is 0 Å². The lowest BCUT2D eigenvalue weighted by molar-refractivity contribution is -0.121. The van der Waals surface area contributed by atoms with Gasteiger partial charge >= 0.3 is 0 Å². The molecule has 0 aliphatic heterocycles. The molecule has 3 aromatic rings. The van der Waals surface area contributed by atoms with Crippen molar-refractivity contribution in [2.45, 2.75) is 26.3 Å². The molecule has 1 N–H and O–H groups in total. The Labute approximate surface area is 163 Å². The first-order valence-electron chi connectivity index (χ1n) is 8.96. The molecule has 2 aromatic carbocycles. The van der Waals surface area contributed by atoms with Crippen LogP contribution in [0.2, 0.25) is 0 Å². The minimum Gasteiger partial charge on any atom is -0.493 e. The van der Waals surface area contributed by atoms with Gasteiger partial charge in [-0.2, -0.15) is 4.98 Å². The van der Waals surface area contributed by atoms with Crippen molar-refractivity contribution >= 4 is 5.91 Å². The lowest BCUT2D eigenvalue weighted by Crippen LogP contribution is -2.23. The van der Waals surface area contributed by atoms with Crippen molar-refractivity contribution in [3.8, 4) is 22.9 Å². The maximum atomic E-state index is 12.1. The second-order valence-corrected chi connectivity index (χ2v) is 6.35. The van der Waals surface area contributed by atoms with Gasteiger partial charge in [-0.3, -0.25) is 4.79 Å². The highest BCUT2D eigenvalue weighted by atomic mass is 16.5. The van der Waals surface area contributed by atoms with E-state index in [1.54, 1.807) is 14.2 Å². The van der Waals surface area contributed by atoms with E-state index in [4.69, 9.17) is 14.0 Å². The number of methoxy groups -OCH3 is 2. The molecule has 0 unspecified atom stereocenters. The van der Waals surface area contributed by atoms with Crippen molar-refractivity contribution in [1.82, 2.24) is 15.5 Å². The van der Waals surface area contributed by atoms with Gasteiger partial charge in [-0.25, -0.2) is 0 Å². The number of benzene rings is 2. The van der Waals surface area contributed by atoms with Crippen LogP contribution in [0.3, 0.4) is 0 Å². The van der Waals surface area contributed by atoms with Crippen LogP contribution in [0.4, 0.5) is 0 Å². The molecule has 0 spiro atoms. The van der Waals surface area contributed by atoms with E-state index in [0.717, 1.165) is 16.7 Å². The highest BCUT2D eigenvalue weighted by Crippen LogP contribution is 2.27. The number of amides is 1. The van der Waals surface area contributed by atoms with Gasteiger partial charge in [-0.15, -0.1) is 0 Å². The molecular formula is C21H23N3O4. The maximum Gasteiger partial charge on any atom is 0.227 e. The van der Waals surface area contributed by atoms with E-state index in [0.29, 0.717) is 36.2 Å². The number of aryl methyl sites for hydroxylation is 2. The summed E-state index contributed by atoms with van der Waals surface area (Å²) in [5, 5.41) is 6.87. The Kier molecular flexibility index (Phi) is 6.26. The summed E-state index contributed by atoms with van der Waals surface area (Å²) in [5.74, 6) is 2.16. The molecule has 0 radical (unpaired) electrons. The second kappa shape index (κ2) is 9.03. The number of nitrogens with zero attached hydrogens (tertiary/aromatic N) is 2. The van der Waals surface area contributed by atoms with E-state index < -0.39 is 0 Å². The second-order valence-electron chi connectivity index (χ2n) is 6.35. The molecule has 1 heterocycles. The highest BCUT2D eigenvalue weighted by molar-refractivity contribution is 5.76. The van der Waals surface area contributed by atoms with Crippen LogP contribution >= 0.6 is 0 Å². The van der Waals surface area contributed by atoms with Crippen LogP contribution in [0.15, 0.2) is 47.0 Å². The largest absolute Gasteiger partial charge is 0.493 e. The minimum atomic E-state index is -0.0925. The topological polar surface area (TPSA) is 86.5 Å². The van der Waals surface area contributed by atoms with Crippen LogP contribution in [0.1, 0.15) is 23.4 Å². The van der Waals surface area contributed by atoms with Gasteiger partial charge in [0, 0.05) is 24.9 Å². The fourth-order valence-corrected chi connectivity index (χ4v) is 2.76. The summed E-state index contributed by atoms with van der Waals surface area (Å²) in [6, 6.07) is 13.4. The number of carbonyl (C=O) groups is 1. The minimum absolute atomic E-state index is 0.0925. The normalized spacial score (nSPS) is 10.5. The molecule has 7 nitrogen and oxygen atoms in total. The molecule has 0 bridgehead atoms. The third kappa shape index (κ3) is 4.88. The molecule has 1 aromatic heterocycles. The highest BCUT2D eigenvalue weighted by Gasteiger charge is 2.11. The monoisotopic (exact) mass is 381 g/mol. The fraction of sp³-hybridized carbons (Fsp3) is 0.286. The number of hydrogen-bond donors (Lipinski definition) is 1. The molecule has 0 saturated carbocycles. The van der Waals surface area contributed by atoms with Crippen LogP contribution in [0.5, 0.6) is 11.5 Å². The maximum absolute atomic E-state index is 12.1. The van der Waals surface area contributed by atoms with Gasteiger partial charge in [-0.1, -0.05) is 35.0 Å². The van der Waals surface area contributed by atoms with Crippen molar-refractivity contribution in [3.63, 3.8) is 0 Å². The Balaban J connectivity index is 1.51. The van der Waals surface area contributed by atoms with Crippen LogP contribution in [0, 0.1) is 6.92 Å².